The van der Waals surface area contributed by atoms with E-state index >= 15 is 0 Å². The summed E-state index contributed by atoms with van der Waals surface area (Å²) in [5.41, 5.74) is -5.91. The lowest BCUT2D eigenvalue weighted by atomic mass is 10.0. The third kappa shape index (κ3) is 5.20. The number of aliphatic hydroxyl groups is 1. The van der Waals surface area contributed by atoms with E-state index in [4.69, 9.17) is 16.3 Å². The van der Waals surface area contributed by atoms with Crippen LogP contribution in [0.5, 0.6) is 0 Å². The highest BCUT2D eigenvalue weighted by Crippen LogP contribution is 2.37. The number of alkyl halides is 5. The molecule has 12 heteroatoms. The highest BCUT2D eigenvalue weighted by molar-refractivity contribution is 6.31. The summed E-state index contributed by atoms with van der Waals surface area (Å²) in [5, 5.41) is 8.98. The molecule has 1 aromatic heterocycles. The van der Waals surface area contributed by atoms with Gasteiger partial charge in [0.2, 0.25) is 0 Å². The molecule has 2 aromatic rings. The molecule has 164 valence electrons. The lowest BCUT2D eigenvalue weighted by Gasteiger charge is -2.22. The van der Waals surface area contributed by atoms with E-state index in [1.165, 1.54) is 20.8 Å². The fourth-order valence-corrected chi connectivity index (χ4v) is 2.52. The zero-order chi connectivity index (χ0) is 23.0. The number of hydrogen-bond donors (Lipinski definition) is 1. The second-order valence-electron chi connectivity index (χ2n) is 7.06. The van der Waals surface area contributed by atoms with Crippen molar-refractivity contribution in [1.29, 1.82) is 0 Å². The number of benzene rings is 1. The Bertz CT molecular complexity index is 960. The van der Waals surface area contributed by atoms with Crippen molar-refractivity contribution in [3.63, 3.8) is 0 Å². The minimum atomic E-state index is -5.22. The molecule has 0 aliphatic rings. The van der Waals surface area contributed by atoms with Gasteiger partial charge in [-0.1, -0.05) is 17.7 Å². The fourth-order valence-electron chi connectivity index (χ4n) is 2.36. The molecule has 1 aromatic carbocycles. The van der Waals surface area contributed by atoms with Crippen molar-refractivity contribution in [3.8, 4) is 11.3 Å². The van der Waals surface area contributed by atoms with Gasteiger partial charge in [0.1, 0.15) is 11.3 Å². The monoisotopic (exact) mass is 456 g/mol. The summed E-state index contributed by atoms with van der Waals surface area (Å²) in [6.45, 7) is 4.23. The second-order valence-corrected chi connectivity index (χ2v) is 7.47. The van der Waals surface area contributed by atoms with Crippen molar-refractivity contribution in [3.05, 3.63) is 46.1 Å². The molecule has 1 unspecified atom stereocenters. The van der Waals surface area contributed by atoms with Gasteiger partial charge in [0, 0.05) is 11.1 Å². The minimum absolute atomic E-state index is 0.527. The van der Waals surface area contributed by atoms with E-state index in [1.807, 2.05) is 0 Å². The first-order valence-corrected chi connectivity index (χ1v) is 8.62. The first-order valence-electron chi connectivity index (χ1n) is 8.25. The van der Waals surface area contributed by atoms with Crippen LogP contribution in [-0.2, 0) is 4.74 Å². The van der Waals surface area contributed by atoms with E-state index in [9.17, 15) is 36.2 Å². The summed E-state index contributed by atoms with van der Waals surface area (Å²) in [6, 6.07) is 1.67. The largest absolute Gasteiger partial charge is 0.455 e. The Morgan fingerprint density at radius 2 is 1.80 bits per heavy atom. The van der Waals surface area contributed by atoms with Gasteiger partial charge in [0.15, 0.2) is 17.6 Å². The van der Waals surface area contributed by atoms with Crippen molar-refractivity contribution >= 4 is 17.6 Å². The average molecular weight is 457 g/mol. The third-order valence-corrected chi connectivity index (χ3v) is 3.87. The van der Waals surface area contributed by atoms with Crippen LogP contribution in [0.15, 0.2) is 18.3 Å². The number of carbonyl (C=O) groups is 1. The molecule has 0 saturated heterocycles. The van der Waals surface area contributed by atoms with Crippen LogP contribution in [0.1, 0.15) is 55.0 Å². The summed E-state index contributed by atoms with van der Waals surface area (Å²) in [4.78, 5) is 19.3. The number of ether oxygens (including phenoxy) is 1. The Morgan fingerprint density at radius 3 is 2.30 bits per heavy atom. The van der Waals surface area contributed by atoms with Crippen LogP contribution >= 0.6 is 11.6 Å². The van der Waals surface area contributed by atoms with Gasteiger partial charge >= 0.3 is 12.1 Å². The van der Waals surface area contributed by atoms with E-state index < -0.39 is 69.3 Å². The quantitative estimate of drug-likeness (QED) is 0.491. The lowest BCUT2D eigenvalue weighted by molar-refractivity contribution is -0.208. The molecule has 0 bridgehead atoms. The maximum Gasteiger partial charge on any atom is 0.420 e. The molecule has 30 heavy (non-hydrogen) atoms. The number of aliphatic hydroxyl groups excluding tert-OH is 1. The Kier molecular flexibility index (Phi) is 6.67. The molecule has 0 aliphatic carbocycles. The molecule has 0 saturated carbocycles. The van der Waals surface area contributed by atoms with Crippen LogP contribution in [-0.4, -0.2) is 32.8 Å². The number of rotatable bonds is 4. The minimum Gasteiger partial charge on any atom is -0.455 e. The first kappa shape index (κ1) is 23.9. The van der Waals surface area contributed by atoms with Gasteiger partial charge in [-0.3, -0.25) is 4.98 Å². The van der Waals surface area contributed by atoms with Gasteiger partial charge < -0.3 is 9.84 Å². The Hall–Kier alpha value is -2.40. The van der Waals surface area contributed by atoms with Crippen molar-refractivity contribution < 1.29 is 41.0 Å². The standard InChI is InChI=1S/C18H15ClF6N2O3/c1-17(2,3)30-16(29)13-12(14(28)18(23,24)25)26-6-9(27-13)10-7(15(21)22)4-5-8(19)11(10)20/h4-6,14-15,28H,1-3H3. The van der Waals surface area contributed by atoms with Crippen molar-refractivity contribution in [2.24, 2.45) is 0 Å². The van der Waals surface area contributed by atoms with Crippen LogP contribution in [0.25, 0.3) is 11.3 Å². The molecular weight excluding hydrogens is 442 g/mol. The number of halogens is 7. The van der Waals surface area contributed by atoms with Crippen molar-refractivity contribution in [1.82, 2.24) is 9.97 Å². The molecule has 0 aliphatic heterocycles. The van der Waals surface area contributed by atoms with Gasteiger partial charge in [-0.25, -0.2) is 22.9 Å². The van der Waals surface area contributed by atoms with E-state index in [1.54, 1.807) is 0 Å². The smallest absolute Gasteiger partial charge is 0.420 e. The van der Waals surface area contributed by atoms with E-state index in [-0.39, 0.29) is 0 Å². The van der Waals surface area contributed by atoms with Gasteiger partial charge in [-0.15, -0.1) is 0 Å². The summed E-state index contributed by atoms with van der Waals surface area (Å²) in [6.07, 6.45) is -11.1. The summed E-state index contributed by atoms with van der Waals surface area (Å²) >= 11 is 5.62. The predicted octanol–water partition coefficient (Wildman–Crippen LogP) is 5.42. The Labute approximate surface area is 171 Å². The molecule has 1 atom stereocenters. The van der Waals surface area contributed by atoms with Crippen LogP contribution < -0.4 is 0 Å². The Morgan fingerprint density at radius 1 is 1.20 bits per heavy atom. The zero-order valence-electron chi connectivity index (χ0n) is 15.7. The van der Waals surface area contributed by atoms with E-state index in [2.05, 4.69) is 9.97 Å². The number of esters is 1. The normalized spacial score (nSPS) is 13.5. The molecule has 1 heterocycles. The van der Waals surface area contributed by atoms with E-state index in [0.717, 1.165) is 12.1 Å². The topological polar surface area (TPSA) is 72.3 Å². The molecule has 0 amide bonds. The fraction of sp³-hybridized carbons (Fsp3) is 0.389. The van der Waals surface area contributed by atoms with Crippen LogP contribution in [0.4, 0.5) is 26.3 Å². The van der Waals surface area contributed by atoms with Crippen molar-refractivity contribution in [2.75, 3.05) is 0 Å². The summed E-state index contributed by atoms with van der Waals surface area (Å²) in [7, 11) is 0. The third-order valence-electron chi connectivity index (χ3n) is 3.58. The molecule has 2 rings (SSSR count). The number of hydrogen-bond acceptors (Lipinski definition) is 5. The van der Waals surface area contributed by atoms with Gasteiger partial charge in [-0.2, -0.15) is 13.2 Å². The number of carbonyl (C=O) groups excluding carboxylic acids is 1. The second kappa shape index (κ2) is 8.38. The Balaban J connectivity index is 2.76. The SMILES string of the molecule is CC(C)(C)OC(=O)c1nc(-c2c(C(F)F)ccc(Cl)c2F)cnc1C(O)C(F)(F)F. The lowest BCUT2D eigenvalue weighted by Crippen LogP contribution is -2.29. The van der Waals surface area contributed by atoms with Crippen LogP contribution in [0, 0.1) is 5.82 Å². The van der Waals surface area contributed by atoms with Crippen LogP contribution in [0.2, 0.25) is 5.02 Å². The summed E-state index contributed by atoms with van der Waals surface area (Å²) in [5.74, 6) is -2.75. The predicted molar refractivity (Wildman–Crippen MR) is 93.6 cm³/mol. The van der Waals surface area contributed by atoms with E-state index in [0.29, 0.717) is 6.20 Å². The highest BCUT2D eigenvalue weighted by atomic mass is 35.5. The average Bonchev–Trinajstić information content (AvgIpc) is 2.60. The highest BCUT2D eigenvalue weighted by Gasteiger charge is 2.43. The molecule has 0 radical (unpaired) electrons. The molecular formula is C18H15ClF6N2O3. The summed E-state index contributed by atoms with van der Waals surface area (Å²) < 4.78 is 85.0. The van der Waals surface area contributed by atoms with Crippen LogP contribution in [0.3, 0.4) is 0 Å². The molecule has 1 N–H and O–H groups in total. The van der Waals surface area contributed by atoms with Gasteiger partial charge in [0.25, 0.3) is 6.43 Å². The molecule has 5 nitrogen and oxygen atoms in total. The first-order chi connectivity index (χ1) is 13.6. The maximum atomic E-state index is 14.5. The molecule has 0 spiro atoms. The maximum absolute atomic E-state index is 14.5. The number of aromatic nitrogens is 2. The molecule has 0 fully saturated rings. The van der Waals surface area contributed by atoms with Gasteiger partial charge in [0.05, 0.1) is 16.9 Å². The number of nitrogens with zero attached hydrogens (tertiary/aromatic N) is 2. The van der Waals surface area contributed by atoms with Gasteiger partial charge in [-0.05, 0) is 26.8 Å². The van der Waals surface area contributed by atoms with Crippen molar-refractivity contribution in [2.45, 2.75) is 45.1 Å². The zero-order valence-corrected chi connectivity index (χ0v) is 16.4.